The molecule has 1 N–H and O–H groups in total. The molecule has 0 aliphatic rings. The molecule has 3 atom stereocenters. The Kier molecular flexibility index (Phi) is 54.5. The first-order chi connectivity index (χ1) is 37.9. The standard InChI is InChI=1S/C68H119N2O7P/c1-7-10-13-16-19-22-25-28-30-31-32-33-34-35-36-37-38-39-41-42-45-48-51-54-57-60-67(71)69-65(64-76-78(73,74)75-63-62-70(4,5)6)66(59-56-53-50-47-44-27-24-21-18-15-12-9-3)77-68(72)61-58-55-52-49-46-43-40-29-26-23-20-17-14-11-8-2/h10,13,19-20,22-23,26,28-30,32-33,35-36,38-39,56,59,65-66H,7-9,11-12,14-18,21,24-25,27,31,34,37,40-55,57-58,60-64H2,1-6H3,(H-,69,71,73,74)/b13-10-,22-19-,23-20+,29-26+,30-28-,33-32-,36-35-,39-38-,59-56-. The Balaban J connectivity index is 5.23. The van der Waals surface area contributed by atoms with Crippen molar-refractivity contribution in [3.8, 4) is 0 Å². The zero-order valence-electron chi connectivity index (χ0n) is 51.1. The molecule has 9 nitrogen and oxygen atoms in total. The van der Waals surface area contributed by atoms with E-state index in [0.29, 0.717) is 30.3 Å². The maximum Gasteiger partial charge on any atom is 0.306 e. The number of esters is 1. The van der Waals surface area contributed by atoms with Crippen LogP contribution in [0, 0.1) is 0 Å². The minimum atomic E-state index is -4.71. The predicted octanol–water partition coefficient (Wildman–Crippen LogP) is 19.1. The second kappa shape index (κ2) is 56.9. The molecule has 0 bridgehead atoms. The molecule has 0 saturated carbocycles. The first-order valence-electron chi connectivity index (χ1n) is 31.7. The van der Waals surface area contributed by atoms with Gasteiger partial charge >= 0.3 is 5.97 Å². The average Bonchev–Trinajstić information content (AvgIpc) is 3.40. The highest BCUT2D eigenvalue weighted by molar-refractivity contribution is 7.45. The van der Waals surface area contributed by atoms with Gasteiger partial charge in [0, 0.05) is 12.8 Å². The number of hydrogen-bond donors (Lipinski definition) is 1. The summed E-state index contributed by atoms with van der Waals surface area (Å²) in [5.74, 6) is -0.576. The quantitative estimate of drug-likeness (QED) is 0.0161. The van der Waals surface area contributed by atoms with E-state index in [4.69, 9.17) is 13.8 Å². The summed E-state index contributed by atoms with van der Waals surface area (Å²) in [7, 11) is 1.15. The van der Waals surface area contributed by atoms with E-state index in [-0.39, 0.29) is 24.9 Å². The number of allylic oxidation sites excluding steroid dienone is 17. The molecule has 78 heavy (non-hydrogen) atoms. The molecule has 10 heteroatoms. The van der Waals surface area contributed by atoms with Gasteiger partial charge in [-0.15, -0.1) is 0 Å². The Morgan fingerprint density at radius 3 is 1.33 bits per heavy atom. The molecule has 0 aromatic rings. The molecule has 0 aromatic carbocycles. The molecule has 1 amide bonds. The van der Waals surface area contributed by atoms with E-state index >= 15 is 0 Å². The van der Waals surface area contributed by atoms with Crippen molar-refractivity contribution >= 4 is 19.7 Å². The van der Waals surface area contributed by atoms with Crippen LogP contribution < -0.4 is 10.2 Å². The number of quaternary nitrogens is 1. The van der Waals surface area contributed by atoms with Gasteiger partial charge < -0.3 is 28.5 Å². The fraction of sp³-hybridized carbons (Fsp3) is 0.706. The predicted molar refractivity (Wildman–Crippen MR) is 334 cm³/mol. The van der Waals surface area contributed by atoms with Gasteiger partial charge in [-0.3, -0.25) is 14.2 Å². The molecular formula is C68H119N2O7P. The van der Waals surface area contributed by atoms with Crippen LogP contribution in [0.25, 0.3) is 0 Å². The third kappa shape index (κ3) is 57.4. The third-order valence-corrected chi connectivity index (χ3v) is 14.4. The number of hydrogen-bond acceptors (Lipinski definition) is 7. The first kappa shape index (κ1) is 74.7. The lowest BCUT2D eigenvalue weighted by atomic mass is 10.0. The summed E-state index contributed by atoms with van der Waals surface area (Å²) >= 11 is 0. The number of phosphoric ester groups is 1. The summed E-state index contributed by atoms with van der Waals surface area (Å²) in [5, 5.41) is 3.02. The Morgan fingerprint density at radius 1 is 0.474 bits per heavy atom. The van der Waals surface area contributed by atoms with Gasteiger partial charge in [0.15, 0.2) is 0 Å². The van der Waals surface area contributed by atoms with E-state index in [0.717, 1.165) is 141 Å². The Bertz CT molecular complexity index is 1700. The van der Waals surface area contributed by atoms with Crippen LogP contribution in [-0.2, 0) is 27.9 Å². The lowest BCUT2D eigenvalue weighted by Crippen LogP contribution is -2.47. The van der Waals surface area contributed by atoms with E-state index in [9.17, 15) is 19.0 Å². The van der Waals surface area contributed by atoms with Crippen molar-refractivity contribution < 1.29 is 37.3 Å². The maximum atomic E-state index is 13.5. The average molecular weight is 1110 g/mol. The molecular weight excluding hydrogens is 988 g/mol. The second-order valence-electron chi connectivity index (χ2n) is 22.2. The van der Waals surface area contributed by atoms with E-state index < -0.39 is 26.6 Å². The summed E-state index contributed by atoms with van der Waals surface area (Å²) in [5.41, 5.74) is 0. The van der Waals surface area contributed by atoms with Crippen LogP contribution in [0.3, 0.4) is 0 Å². The monoisotopic (exact) mass is 1110 g/mol. The Hall–Kier alpha value is -3.33. The molecule has 0 aliphatic carbocycles. The van der Waals surface area contributed by atoms with Crippen LogP contribution in [0.4, 0.5) is 0 Å². The van der Waals surface area contributed by atoms with Gasteiger partial charge in [0.2, 0.25) is 5.91 Å². The normalized spacial score (nSPS) is 14.4. The highest BCUT2D eigenvalue weighted by Crippen LogP contribution is 2.38. The zero-order chi connectivity index (χ0) is 57.2. The first-order valence-corrected chi connectivity index (χ1v) is 33.2. The van der Waals surface area contributed by atoms with Gasteiger partial charge in [0.25, 0.3) is 7.82 Å². The van der Waals surface area contributed by atoms with Crippen molar-refractivity contribution in [3.05, 3.63) is 109 Å². The van der Waals surface area contributed by atoms with Crippen LogP contribution in [0.15, 0.2) is 109 Å². The van der Waals surface area contributed by atoms with Gasteiger partial charge in [0.1, 0.15) is 19.3 Å². The maximum absolute atomic E-state index is 13.5. The minimum Gasteiger partial charge on any atom is -0.756 e. The minimum absolute atomic E-state index is 0.0329. The summed E-state index contributed by atoms with van der Waals surface area (Å²) < 4.78 is 30.3. The smallest absolute Gasteiger partial charge is 0.306 e. The molecule has 0 rings (SSSR count). The fourth-order valence-electron chi connectivity index (χ4n) is 8.57. The number of nitrogens with zero attached hydrogens (tertiary/aromatic N) is 1. The number of likely N-dealkylation sites (N-methyl/N-ethyl adjacent to an activating group) is 1. The molecule has 0 fully saturated rings. The van der Waals surface area contributed by atoms with Gasteiger partial charge in [-0.25, -0.2) is 0 Å². The van der Waals surface area contributed by atoms with E-state index in [1.807, 2.05) is 33.3 Å². The number of rotatable bonds is 56. The third-order valence-electron chi connectivity index (χ3n) is 13.5. The van der Waals surface area contributed by atoms with Gasteiger partial charge in [-0.1, -0.05) is 246 Å². The van der Waals surface area contributed by atoms with E-state index in [1.165, 1.54) is 70.6 Å². The largest absolute Gasteiger partial charge is 0.756 e. The molecule has 3 unspecified atom stereocenters. The van der Waals surface area contributed by atoms with Crippen LogP contribution in [0.1, 0.15) is 258 Å². The SMILES string of the molecule is CC/C=C\C/C=C\C/C=C\C/C=C\C/C=C\C/C=C\CCCCCCCCC(=O)NC(COP(=O)([O-])OCC[N+](C)(C)C)C(/C=C\CCCCCCCCCCCC)OC(=O)CCCCCCCC/C=C/C=C/CCCCC. The molecule has 0 aliphatic heterocycles. The van der Waals surface area contributed by atoms with Crippen molar-refractivity contribution in [1.29, 1.82) is 0 Å². The highest BCUT2D eigenvalue weighted by atomic mass is 31.2. The highest BCUT2D eigenvalue weighted by Gasteiger charge is 2.27. The molecule has 0 spiro atoms. The van der Waals surface area contributed by atoms with Crippen molar-refractivity contribution in [2.75, 3.05) is 40.9 Å². The van der Waals surface area contributed by atoms with Gasteiger partial charge in [-0.2, -0.15) is 0 Å². The number of phosphoric acid groups is 1. The fourth-order valence-corrected chi connectivity index (χ4v) is 9.30. The number of nitrogens with one attached hydrogen (secondary N) is 1. The summed E-state index contributed by atoms with van der Waals surface area (Å²) in [6.45, 7) is 6.67. The molecule has 448 valence electrons. The molecule has 0 radical (unpaired) electrons. The lowest BCUT2D eigenvalue weighted by Gasteiger charge is -2.30. The zero-order valence-corrected chi connectivity index (χ0v) is 52.0. The Morgan fingerprint density at radius 2 is 0.859 bits per heavy atom. The van der Waals surface area contributed by atoms with Crippen LogP contribution in [0.2, 0.25) is 0 Å². The van der Waals surface area contributed by atoms with Crippen molar-refractivity contribution in [1.82, 2.24) is 5.32 Å². The van der Waals surface area contributed by atoms with Crippen LogP contribution in [-0.4, -0.2) is 69.4 Å². The second-order valence-corrected chi connectivity index (χ2v) is 23.6. The number of amides is 1. The molecule has 0 heterocycles. The van der Waals surface area contributed by atoms with Gasteiger partial charge in [0.05, 0.1) is 33.8 Å². The summed E-state index contributed by atoms with van der Waals surface area (Å²) in [6.07, 6.45) is 77.6. The van der Waals surface area contributed by atoms with Crippen LogP contribution in [0.5, 0.6) is 0 Å². The number of carbonyl (C=O) groups is 2. The lowest BCUT2D eigenvalue weighted by molar-refractivity contribution is -0.870. The number of carbonyl (C=O) groups excluding carboxylic acids is 2. The Labute approximate surface area is 481 Å². The molecule has 0 aromatic heterocycles. The summed E-state index contributed by atoms with van der Waals surface area (Å²) in [6, 6.07) is -0.908. The van der Waals surface area contributed by atoms with Crippen LogP contribution >= 0.6 is 7.82 Å². The molecule has 0 saturated heterocycles. The summed E-state index contributed by atoms with van der Waals surface area (Å²) in [4.78, 5) is 40.0. The van der Waals surface area contributed by atoms with E-state index in [2.05, 4.69) is 123 Å². The van der Waals surface area contributed by atoms with Crippen molar-refractivity contribution in [3.63, 3.8) is 0 Å². The number of ether oxygens (including phenoxy) is 1. The van der Waals surface area contributed by atoms with E-state index in [1.54, 1.807) is 0 Å². The number of unbranched alkanes of at least 4 members (excludes halogenated alkanes) is 25. The van der Waals surface area contributed by atoms with Crippen molar-refractivity contribution in [2.45, 2.75) is 270 Å². The van der Waals surface area contributed by atoms with Crippen molar-refractivity contribution in [2.24, 2.45) is 0 Å². The topological polar surface area (TPSA) is 114 Å². The van der Waals surface area contributed by atoms with Gasteiger partial charge in [-0.05, 0) is 109 Å².